The summed E-state index contributed by atoms with van der Waals surface area (Å²) in [5, 5.41) is -0.312. The number of hydrogen-bond donors (Lipinski definition) is 0. The minimum absolute atomic E-state index is 0.0494. The summed E-state index contributed by atoms with van der Waals surface area (Å²) < 4.78 is 34.1. The molecule has 0 amide bonds. The van der Waals surface area contributed by atoms with E-state index in [0.29, 0.717) is 0 Å². The summed E-state index contributed by atoms with van der Waals surface area (Å²) in [6.07, 6.45) is 1.20. The number of aldehydes is 1. The quantitative estimate of drug-likeness (QED) is 0.642. The van der Waals surface area contributed by atoms with Crippen molar-refractivity contribution in [3.05, 3.63) is 45.2 Å². The lowest BCUT2D eigenvalue weighted by atomic mass is 10.1. The molecule has 7 heteroatoms. The van der Waals surface area contributed by atoms with Crippen molar-refractivity contribution in [3.8, 4) is 0 Å². The highest BCUT2D eigenvalue weighted by atomic mass is 19.1. The molecule has 116 valence electrons. The van der Waals surface area contributed by atoms with Crippen LogP contribution in [-0.4, -0.2) is 23.4 Å². The molecule has 1 aromatic heterocycles. The third kappa shape index (κ3) is 2.38. The second-order valence-electron chi connectivity index (χ2n) is 4.48. The first kappa shape index (κ1) is 15.8. The van der Waals surface area contributed by atoms with Crippen LogP contribution in [0.1, 0.15) is 34.6 Å². The van der Waals surface area contributed by atoms with Crippen molar-refractivity contribution in [2.45, 2.75) is 20.4 Å². The third-order valence-electron chi connectivity index (χ3n) is 3.24. The number of ether oxygens (including phenoxy) is 1. The lowest BCUT2D eigenvalue weighted by Gasteiger charge is -2.13. The zero-order valence-electron chi connectivity index (χ0n) is 12.0. The second-order valence-corrected chi connectivity index (χ2v) is 4.48. The van der Waals surface area contributed by atoms with E-state index >= 15 is 0 Å². The Morgan fingerprint density at radius 3 is 2.59 bits per heavy atom. The molecule has 5 nitrogen and oxygen atoms in total. The van der Waals surface area contributed by atoms with Crippen molar-refractivity contribution in [3.63, 3.8) is 0 Å². The highest BCUT2D eigenvalue weighted by molar-refractivity contribution is 5.95. The van der Waals surface area contributed by atoms with E-state index in [1.165, 1.54) is 4.57 Å². The van der Waals surface area contributed by atoms with Crippen LogP contribution in [0.25, 0.3) is 10.9 Å². The molecule has 0 radical (unpaired) electrons. The first-order valence-corrected chi connectivity index (χ1v) is 6.63. The predicted molar refractivity (Wildman–Crippen MR) is 75.1 cm³/mol. The maximum atomic E-state index is 14.3. The molecule has 0 atom stereocenters. The van der Waals surface area contributed by atoms with Crippen molar-refractivity contribution in [2.24, 2.45) is 0 Å². The number of nitrogens with zero attached hydrogens (tertiary/aromatic N) is 1. The first-order chi connectivity index (χ1) is 10.5. The normalized spacial score (nSPS) is 10.7. The highest BCUT2D eigenvalue weighted by Crippen LogP contribution is 2.22. The fraction of sp³-hybridized carbons (Fsp3) is 0.267. The van der Waals surface area contributed by atoms with Gasteiger partial charge < -0.3 is 9.30 Å². The molecule has 2 rings (SSSR count). The molecule has 1 aromatic carbocycles. The summed E-state index contributed by atoms with van der Waals surface area (Å²) in [6.45, 7) is 3.51. The predicted octanol–water partition coefficient (Wildman–Crippen LogP) is 2.29. The SMILES string of the molecule is CCOC(=O)c1cn(CC)c2c(F)c(C=O)c(F)cc2c1=O. The van der Waals surface area contributed by atoms with Crippen LogP contribution in [0, 0.1) is 11.6 Å². The summed E-state index contributed by atoms with van der Waals surface area (Å²) in [5.74, 6) is -3.14. The number of rotatable bonds is 4. The second kappa shape index (κ2) is 6.05. The van der Waals surface area contributed by atoms with E-state index in [2.05, 4.69) is 0 Å². The first-order valence-electron chi connectivity index (χ1n) is 6.63. The Labute approximate surface area is 124 Å². The van der Waals surface area contributed by atoms with Gasteiger partial charge in [0, 0.05) is 12.7 Å². The highest BCUT2D eigenvalue weighted by Gasteiger charge is 2.22. The molecule has 0 aliphatic rings. The zero-order chi connectivity index (χ0) is 16.4. The zero-order valence-corrected chi connectivity index (χ0v) is 12.0. The molecule has 2 aromatic rings. The Bertz CT molecular complexity index is 827. The number of hydrogen-bond acceptors (Lipinski definition) is 4. The summed E-state index contributed by atoms with van der Waals surface area (Å²) in [5.41, 5.74) is -2.12. The van der Waals surface area contributed by atoms with Gasteiger partial charge in [-0.2, -0.15) is 0 Å². The Kier molecular flexibility index (Phi) is 4.35. The van der Waals surface area contributed by atoms with Crippen LogP contribution in [0.2, 0.25) is 0 Å². The number of carbonyl (C=O) groups is 2. The molecule has 0 fully saturated rings. The summed E-state index contributed by atoms with van der Waals surface area (Å²) >= 11 is 0. The third-order valence-corrected chi connectivity index (χ3v) is 3.24. The van der Waals surface area contributed by atoms with Crippen molar-refractivity contribution >= 4 is 23.2 Å². The molecule has 0 bridgehead atoms. The maximum absolute atomic E-state index is 14.3. The average molecular weight is 309 g/mol. The van der Waals surface area contributed by atoms with Gasteiger partial charge in [-0.05, 0) is 19.9 Å². The monoisotopic (exact) mass is 309 g/mol. The van der Waals surface area contributed by atoms with Crippen molar-refractivity contribution in [1.82, 2.24) is 4.57 Å². The Morgan fingerprint density at radius 1 is 1.36 bits per heavy atom. The lowest BCUT2D eigenvalue weighted by molar-refractivity contribution is 0.0524. The molecule has 0 spiro atoms. The van der Waals surface area contributed by atoms with E-state index < -0.39 is 28.6 Å². The fourth-order valence-electron chi connectivity index (χ4n) is 2.21. The van der Waals surface area contributed by atoms with E-state index in [9.17, 15) is 23.2 Å². The summed E-state index contributed by atoms with van der Waals surface area (Å²) in [4.78, 5) is 34.9. The van der Waals surface area contributed by atoms with Gasteiger partial charge in [0.15, 0.2) is 12.1 Å². The van der Waals surface area contributed by atoms with Gasteiger partial charge in [0.25, 0.3) is 0 Å². The molecule has 22 heavy (non-hydrogen) atoms. The van der Waals surface area contributed by atoms with Crippen LogP contribution in [0.3, 0.4) is 0 Å². The minimum Gasteiger partial charge on any atom is -0.462 e. The Hall–Kier alpha value is -2.57. The van der Waals surface area contributed by atoms with Crippen molar-refractivity contribution in [2.75, 3.05) is 6.61 Å². The van der Waals surface area contributed by atoms with Crippen LogP contribution in [0.15, 0.2) is 17.1 Å². The van der Waals surface area contributed by atoms with Crippen LogP contribution in [0.5, 0.6) is 0 Å². The standard InChI is InChI=1S/C15H13F2NO4/c1-3-18-6-9(15(21)22-4-2)14(20)8-5-11(16)10(7-19)12(17)13(8)18/h5-7H,3-4H2,1-2H3. The van der Waals surface area contributed by atoms with Gasteiger partial charge in [-0.25, -0.2) is 13.6 Å². The smallest absolute Gasteiger partial charge is 0.343 e. The molecule has 0 saturated carbocycles. The minimum atomic E-state index is -1.15. The van der Waals surface area contributed by atoms with Crippen LogP contribution in [0.4, 0.5) is 8.78 Å². The van der Waals surface area contributed by atoms with E-state index in [4.69, 9.17) is 4.74 Å². The Morgan fingerprint density at radius 2 is 2.05 bits per heavy atom. The Balaban J connectivity index is 2.93. The maximum Gasteiger partial charge on any atom is 0.343 e. The molecule has 0 aliphatic heterocycles. The van der Waals surface area contributed by atoms with E-state index in [1.807, 2.05) is 0 Å². The summed E-state index contributed by atoms with van der Waals surface area (Å²) in [7, 11) is 0. The molecule has 1 heterocycles. The number of halogens is 2. The number of aromatic nitrogens is 1. The van der Waals surface area contributed by atoms with E-state index in [1.54, 1.807) is 13.8 Å². The molecule has 0 aliphatic carbocycles. The fourth-order valence-corrected chi connectivity index (χ4v) is 2.21. The number of carbonyl (C=O) groups excluding carboxylic acids is 2. The van der Waals surface area contributed by atoms with Crippen LogP contribution >= 0.6 is 0 Å². The molecular weight excluding hydrogens is 296 g/mol. The number of aryl methyl sites for hydroxylation is 1. The number of benzene rings is 1. The van der Waals surface area contributed by atoms with Crippen LogP contribution in [-0.2, 0) is 11.3 Å². The topological polar surface area (TPSA) is 65.4 Å². The van der Waals surface area contributed by atoms with Gasteiger partial charge in [0.05, 0.1) is 23.1 Å². The van der Waals surface area contributed by atoms with Gasteiger partial charge in [0.1, 0.15) is 11.4 Å². The molecule has 0 N–H and O–H groups in total. The lowest BCUT2D eigenvalue weighted by Crippen LogP contribution is -2.22. The average Bonchev–Trinajstić information content (AvgIpc) is 2.48. The van der Waals surface area contributed by atoms with Gasteiger partial charge >= 0.3 is 5.97 Å². The largest absolute Gasteiger partial charge is 0.462 e. The molecule has 0 unspecified atom stereocenters. The van der Waals surface area contributed by atoms with E-state index in [-0.39, 0.29) is 35.9 Å². The molecule has 0 saturated heterocycles. The molecular formula is C15H13F2NO4. The van der Waals surface area contributed by atoms with Gasteiger partial charge in [-0.1, -0.05) is 0 Å². The number of fused-ring (bicyclic) bond motifs is 1. The van der Waals surface area contributed by atoms with Gasteiger partial charge in [0.2, 0.25) is 5.43 Å². The van der Waals surface area contributed by atoms with Crippen LogP contribution < -0.4 is 5.43 Å². The van der Waals surface area contributed by atoms with Gasteiger partial charge in [-0.3, -0.25) is 9.59 Å². The van der Waals surface area contributed by atoms with Gasteiger partial charge in [-0.15, -0.1) is 0 Å². The van der Waals surface area contributed by atoms with Crippen molar-refractivity contribution in [1.29, 1.82) is 0 Å². The number of esters is 1. The summed E-state index contributed by atoms with van der Waals surface area (Å²) in [6, 6.07) is 0.763. The number of pyridine rings is 1. The van der Waals surface area contributed by atoms with E-state index in [0.717, 1.165) is 12.3 Å². The van der Waals surface area contributed by atoms with Crippen molar-refractivity contribution < 1.29 is 23.1 Å².